The summed E-state index contributed by atoms with van der Waals surface area (Å²) in [5.74, 6) is 2.96. The molecule has 2 saturated carbocycles. The summed E-state index contributed by atoms with van der Waals surface area (Å²) in [6.45, 7) is 7.59. The molecule has 118 valence electrons. The van der Waals surface area contributed by atoms with Crippen molar-refractivity contribution in [2.75, 3.05) is 14.1 Å². The molecule has 2 aliphatic rings. The Morgan fingerprint density at radius 2 is 1.70 bits per heavy atom. The van der Waals surface area contributed by atoms with Gasteiger partial charge in [0.1, 0.15) is 0 Å². The van der Waals surface area contributed by atoms with Crippen molar-refractivity contribution in [2.24, 2.45) is 23.2 Å². The van der Waals surface area contributed by atoms with Crippen LogP contribution < -0.4 is 0 Å². The quantitative estimate of drug-likeness (QED) is 0.633. The minimum absolute atomic E-state index is 0.608. The third kappa shape index (κ3) is 3.59. The highest BCUT2D eigenvalue weighted by Crippen LogP contribution is 2.48. The SMILES string of the molecule is CCC(CC1CCC1)C(C)C1(C)CCC(N(C)C)CC1. The first kappa shape index (κ1) is 16.3. The zero-order valence-corrected chi connectivity index (χ0v) is 14.6. The molecule has 0 amide bonds. The van der Waals surface area contributed by atoms with Crippen LogP contribution in [-0.4, -0.2) is 25.0 Å². The van der Waals surface area contributed by atoms with Gasteiger partial charge in [0.15, 0.2) is 0 Å². The Hall–Kier alpha value is -0.0400. The second-order valence-corrected chi connectivity index (χ2v) is 8.34. The summed E-state index contributed by atoms with van der Waals surface area (Å²) >= 11 is 0. The summed E-state index contributed by atoms with van der Waals surface area (Å²) in [6, 6.07) is 0.835. The minimum atomic E-state index is 0.608. The van der Waals surface area contributed by atoms with Gasteiger partial charge in [-0.2, -0.15) is 0 Å². The lowest BCUT2D eigenvalue weighted by Gasteiger charge is -2.47. The average molecular weight is 280 g/mol. The molecule has 1 nitrogen and oxygen atoms in total. The van der Waals surface area contributed by atoms with Gasteiger partial charge in [-0.3, -0.25) is 0 Å². The van der Waals surface area contributed by atoms with Crippen molar-refractivity contribution >= 4 is 0 Å². The topological polar surface area (TPSA) is 3.24 Å². The summed E-state index contributed by atoms with van der Waals surface area (Å²) in [5.41, 5.74) is 0.608. The van der Waals surface area contributed by atoms with E-state index in [1.807, 2.05) is 0 Å². The lowest BCUT2D eigenvalue weighted by molar-refractivity contribution is 0.0388. The predicted octanol–water partition coefficient (Wildman–Crippen LogP) is 5.35. The first-order valence-electron chi connectivity index (χ1n) is 9.12. The van der Waals surface area contributed by atoms with E-state index in [-0.39, 0.29) is 0 Å². The normalized spacial score (nSPS) is 34.8. The van der Waals surface area contributed by atoms with Crippen molar-refractivity contribution in [1.29, 1.82) is 0 Å². The molecule has 2 atom stereocenters. The molecule has 0 aliphatic heterocycles. The van der Waals surface area contributed by atoms with Gasteiger partial charge in [-0.15, -0.1) is 0 Å². The zero-order valence-electron chi connectivity index (χ0n) is 14.6. The molecule has 0 radical (unpaired) electrons. The van der Waals surface area contributed by atoms with E-state index in [1.54, 1.807) is 0 Å². The lowest BCUT2D eigenvalue weighted by atomic mass is 9.60. The highest BCUT2D eigenvalue weighted by molar-refractivity contribution is 4.91. The number of hydrogen-bond donors (Lipinski definition) is 0. The van der Waals surface area contributed by atoms with Crippen LogP contribution >= 0.6 is 0 Å². The molecule has 0 aromatic carbocycles. The van der Waals surface area contributed by atoms with Gasteiger partial charge in [-0.05, 0) is 69.4 Å². The highest BCUT2D eigenvalue weighted by atomic mass is 15.1. The average Bonchev–Trinajstić information content (AvgIpc) is 2.37. The summed E-state index contributed by atoms with van der Waals surface area (Å²) < 4.78 is 0. The Labute approximate surface area is 127 Å². The van der Waals surface area contributed by atoms with E-state index in [4.69, 9.17) is 0 Å². The molecule has 0 N–H and O–H groups in total. The molecule has 0 spiro atoms. The van der Waals surface area contributed by atoms with E-state index < -0.39 is 0 Å². The molecule has 2 fully saturated rings. The van der Waals surface area contributed by atoms with Crippen LogP contribution in [0.15, 0.2) is 0 Å². The van der Waals surface area contributed by atoms with Gasteiger partial charge < -0.3 is 4.90 Å². The lowest BCUT2D eigenvalue weighted by Crippen LogP contribution is -2.40. The molecule has 2 unspecified atom stereocenters. The molecule has 1 heteroatoms. The number of hydrogen-bond acceptors (Lipinski definition) is 1. The Kier molecular flexibility index (Phi) is 5.56. The van der Waals surface area contributed by atoms with Crippen molar-refractivity contribution in [2.45, 2.75) is 84.6 Å². The van der Waals surface area contributed by atoms with Gasteiger partial charge in [0.2, 0.25) is 0 Å². The highest BCUT2D eigenvalue weighted by Gasteiger charge is 2.39. The van der Waals surface area contributed by atoms with Crippen molar-refractivity contribution in [3.8, 4) is 0 Å². The molecule has 0 aromatic rings. The van der Waals surface area contributed by atoms with Gasteiger partial charge in [-0.25, -0.2) is 0 Å². The number of rotatable bonds is 6. The minimum Gasteiger partial charge on any atom is -0.306 e. The third-order valence-electron chi connectivity index (χ3n) is 7.02. The van der Waals surface area contributed by atoms with Crippen molar-refractivity contribution in [1.82, 2.24) is 4.90 Å². The monoisotopic (exact) mass is 279 g/mol. The van der Waals surface area contributed by atoms with Crippen LogP contribution in [0.25, 0.3) is 0 Å². The molecule has 0 aromatic heterocycles. The van der Waals surface area contributed by atoms with E-state index >= 15 is 0 Å². The van der Waals surface area contributed by atoms with Crippen molar-refractivity contribution < 1.29 is 0 Å². The van der Waals surface area contributed by atoms with Crippen LogP contribution in [0.2, 0.25) is 0 Å². The smallest absolute Gasteiger partial charge is 0.00895 e. The van der Waals surface area contributed by atoms with E-state index in [0.29, 0.717) is 5.41 Å². The van der Waals surface area contributed by atoms with E-state index in [1.165, 1.54) is 57.8 Å². The fourth-order valence-corrected chi connectivity index (χ4v) is 4.68. The van der Waals surface area contributed by atoms with Crippen LogP contribution in [0.3, 0.4) is 0 Å². The fraction of sp³-hybridized carbons (Fsp3) is 1.00. The zero-order chi connectivity index (χ0) is 14.8. The summed E-state index contributed by atoms with van der Waals surface area (Å²) in [6.07, 6.45) is 13.1. The van der Waals surface area contributed by atoms with Crippen molar-refractivity contribution in [3.05, 3.63) is 0 Å². The molecular weight excluding hydrogens is 242 g/mol. The van der Waals surface area contributed by atoms with E-state index in [0.717, 1.165) is 23.8 Å². The van der Waals surface area contributed by atoms with Crippen LogP contribution in [0.1, 0.15) is 78.6 Å². The van der Waals surface area contributed by atoms with E-state index in [2.05, 4.69) is 39.8 Å². The third-order valence-corrected chi connectivity index (χ3v) is 7.02. The molecular formula is C19H37N. The molecule has 2 aliphatic carbocycles. The maximum atomic E-state index is 2.59. The van der Waals surface area contributed by atoms with Gasteiger partial charge in [0.05, 0.1) is 0 Å². The van der Waals surface area contributed by atoms with Crippen LogP contribution in [-0.2, 0) is 0 Å². The first-order valence-corrected chi connectivity index (χ1v) is 9.12. The van der Waals surface area contributed by atoms with Crippen molar-refractivity contribution in [3.63, 3.8) is 0 Å². The Morgan fingerprint density at radius 1 is 1.10 bits per heavy atom. The Balaban J connectivity index is 1.90. The Bertz CT molecular complexity index is 284. The van der Waals surface area contributed by atoms with Gasteiger partial charge >= 0.3 is 0 Å². The molecule has 0 heterocycles. The summed E-state index contributed by atoms with van der Waals surface area (Å²) in [5, 5.41) is 0. The Morgan fingerprint density at radius 3 is 2.10 bits per heavy atom. The molecule has 0 bridgehead atoms. The standard InChI is InChI=1S/C19H37N/c1-6-17(14-16-8-7-9-16)15(2)19(3)12-10-18(11-13-19)20(4)5/h15-18H,6-14H2,1-5H3. The maximum absolute atomic E-state index is 2.59. The van der Waals surface area contributed by atoms with Crippen LogP contribution in [0, 0.1) is 23.2 Å². The molecule has 20 heavy (non-hydrogen) atoms. The predicted molar refractivity (Wildman–Crippen MR) is 89.0 cm³/mol. The fourth-order valence-electron chi connectivity index (χ4n) is 4.68. The first-order chi connectivity index (χ1) is 9.46. The van der Waals surface area contributed by atoms with E-state index in [9.17, 15) is 0 Å². The maximum Gasteiger partial charge on any atom is 0.00895 e. The molecule has 2 rings (SSSR count). The van der Waals surface area contributed by atoms with Crippen LogP contribution in [0.4, 0.5) is 0 Å². The summed E-state index contributed by atoms with van der Waals surface area (Å²) in [7, 11) is 4.50. The number of nitrogens with zero attached hydrogens (tertiary/aromatic N) is 1. The van der Waals surface area contributed by atoms with Gasteiger partial charge in [-0.1, -0.05) is 46.5 Å². The summed E-state index contributed by atoms with van der Waals surface area (Å²) in [4.78, 5) is 2.44. The van der Waals surface area contributed by atoms with Gasteiger partial charge in [0.25, 0.3) is 0 Å². The van der Waals surface area contributed by atoms with Crippen LogP contribution in [0.5, 0.6) is 0 Å². The molecule has 0 saturated heterocycles. The van der Waals surface area contributed by atoms with Gasteiger partial charge in [0, 0.05) is 6.04 Å². The largest absolute Gasteiger partial charge is 0.306 e. The second-order valence-electron chi connectivity index (χ2n) is 8.34. The second kappa shape index (κ2) is 6.81.